The van der Waals surface area contributed by atoms with Crippen LogP contribution in [0.25, 0.3) is 11.0 Å². The number of benzene rings is 1. The molecular formula is C11H13Cl2N3. The Labute approximate surface area is 104 Å². The molecule has 2 aromatic rings. The third-order valence-corrected chi connectivity index (χ3v) is 2.82. The van der Waals surface area contributed by atoms with Crippen LogP contribution in [0.5, 0.6) is 0 Å². The van der Waals surface area contributed by atoms with Gasteiger partial charge in [-0.3, -0.25) is 0 Å². The summed E-state index contributed by atoms with van der Waals surface area (Å²) in [5.74, 6) is 1.19. The second kappa shape index (κ2) is 5.41. The zero-order valence-corrected chi connectivity index (χ0v) is 10.3. The first kappa shape index (κ1) is 11.6. The third kappa shape index (κ3) is 2.42. The van der Waals surface area contributed by atoms with Crippen molar-refractivity contribution in [2.24, 2.45) is 0 Å². The molecule has 86 valence electrons. The number of aromatic nitrogens is 2. The third-order valence-electron chi connectivity index (χ3n) is 2.48. The lowest BCUT2D eigenvalue weighted by molar-refractivity contribution is 0.875. The summed E-state index contributed by atoms with van der Waals surface area (Å²) in [6, 6.07) is 6.11. The van der Waals surface area contributed by atoms with E-state index in [0.29, 0.717) is 11.8 Å². The van der Waals surface area contributed by atoms with E-state index in [0.717, 1.165) is 29.8 Å². The Morgan fingerprint density at radius 1 is 1.19 bits per heavy atom. The summed E-state index contributed by atoms with van der Waals surface area (Å²) in [6.07, 6.45) is 1.70. The van der Waals surface area contributed by atoms with Crippen LogP contribution in [-0.4, -0.2) is 34.8 Å². The Kier molecular flexibility index (Phi) is 3.91. The summed E-state index contributed by atoms with van der Waals surface area (Å²) in [6.45, 7) is 1.60. The maximum absolute atomic E-state index is 5.77. The van der Waals surface area contributed by atoms with E-state index >= 15 is 0 Å². The Morgan fingerprint density at radius 2 is 1.94 bits per heavy atom. The van der Waals surface area contributed by atoms with Gasteiger partial charge in [-0.2, -0.15) is 0 Å². The molecule has 0 saturated heterocycles. The van der Waals surface area contributed by atoms with E-state index in [1.165, 1.54) is 0 Å². The maximum Gasteiger partial charge on any atom is 0.0931 e. The molecule has 0 saturated carbocycles. The molecule has 3 nitrogen and oxygen atoms in total. The topological polar surface area (TPSA) is 31.9 Å². The van der Waals surface area contributed by atoms with Crippen molar-refractivity contribution < 1.29 is 0 Å². The number of rotatable bonds is 5. The van der Waals surface area contributed by atoms with Crippen LogP contribution in [0.15, 0.2) is 24.5 Å². The van der Waals surface area contributed by atoms with E-state index in [-0.39, 0.29) is 0 Å². The molecule has 1 heterocycles. The Morgan fingerprint density at radius 3 is 2.62 bits per heavy atom. The highest BCUT2D eigenvalue weighted by Gasteiger charge is 2.06. The Bertz CT molecular complexity index is 449. The number of alkyl halides is 2. The lowest BCUT2D eigenvalue weighted by atomic mass is 10.2. The Balaban J connectivity index is 2.28. The van der Waals surface area contributed by atoms with E-state index in [1.807, 2.05) is 12.1 Å². The number of aromatic amines is 1. The lowest BCUT2D eigenvalue weighted by Crippen LogP contribution is -2.27. The maximum atomic E-state index is 5.77. The van der Waals surface area contributed by atoms with E-state index in [2.05, 4.69) is 20.9 Å². The fraction of sp³-hybridized carbons (Fsp3) is 0.364. The molecule has 0 aliphatic rings. The predicted molar refractivity (Wildman–Crippen MR) is 69.7 cm³/mol. The summed E-state index contributed by atoms with van der Waals surface area (Å²) >= 11 is 11.5. The highest BCUT2D eigenvalue weighted by Crippen LogP contribution is 2.19. The molecule has 2 rings (SSSR count). The average molecular weight is 258 g/mol. The average Bonchev–Trinajstić information content (AvgIpc) is 2.75. The minimum Gasteiger partial charge on any atom is -0.369 e. The lowest BCUT2D eigenvalue weighted by Gasteiger charge is -2.22. The molecule has 0 aliphatic carbocycles. The fourth-order valence-corrected chi connectivity index (χ4v) is 2.10. The number of nitrogens with zero attached hydrogens (tertiary/aromatic N) is 2. The van der Waals surface area contributed by atoms with Gasteiger partial charge < -0.3 is 9.88 Å². The van der Waals surface area contributed by atoms with E-state index in [4.69, 9.17) is 23.2 Å². The highest BCUT2D eigenvalue weighted by atomic mass is 35.5. The van der Waals surface area contributed by atoms with Gasteiger partial charge in [-0.25, -0.2) is 4.98 Å². The quantitative estimate of drug-likeness (QED) is 0.836. The molecule has 1 aromatic heterocycles. The first-order valence-electron chi connectivity index (χ1n) is 5.15. The van der Waals surface area contributed by atoms with Gasteiger partial charge in [-0.05, 0) is 18.2 Å². The van der Waals surface area contributed by atoms with Crippen molar-refractivity contribution in [1.29, 1.82) is 0 Å². The molecule has 1 aromatic carbocycles. The highest BCUT2D eigenvalue weighted by molar-refractivity contribution is 6.18. The van der Waals surface area contributed by atoms with Crippen molar-refractivity contribution in [3.05, 3.63) is 24.5 Å². The first-order valence-corrected chi connectivity index (χ1v) is 6.22. The van der Waals surface area contributed by atoms with E-state index in [1.54, 1.807) is 6.33 Å². The van der Waals surface area contributed by atoms with Gasteiger partial charge in [-0.1, -0.05) is 0 Å². The number of imidazole rings is 1. The summed E-state index contributed by atoms with van der Waals surface area (Å²) in [5.41, 5.74) is 3.13. The van der Waals surface area contributed by atoms with Crippen LogP contribution < -0.4 is 4.90 Å². The molecule has 0 radical (unpaired) electrons. The SMILES string of the molecule is ClCCN(CCCl)c1ccc2nc[nH]c2c1. The normalized spacial score (nSPS) is 10.9. The van der Waals surface area contributed by atoms with Gasteiger partial charge in [0, 0.05) is 30.5 Å². The van der Waals surface area contributed by atoms with Gasteiger partial charge in [0.1, 0.15) is 0 Å². The molecule has 0 spiro atoms. The Hall–Kier alpha value is -0.930. The number of anilines is 1. The van der Waals surface area contributed by atoms with Crippen molar-refractivity contribution in [2.75, 3.05) is 29.7 Å². The number of H-pyrrole nitrogens is 1. The van der Waals surface area contributed by atoms with Crippen LogP contribution >= 0.6 is 23.2 Å². The van der Waals surface area contributed by atoms with Crippen LogP contribution in [0.3, 0.4) is 0 Å². The largest absolute Gasteiger partial charge is 0.369 e. The predicted octanol–water partition coefficient (Wildman–Crippen LogP) is 2.85. The molecule has 0 amide bonds. The fourth-order valence-electron chi connectivity index (χ4n) is 1.69. The summed E-state index contributed by atoms with van der Waals surface area (Å²) in [4.78, 5) is 9.45. The van der Waals surface area contributed by atoms with Crippen LogP contribution in [-0.2, 0) is 0 Å². The zero-order valence-electron chi connectivity index (χ0n) is 8.79. The number of hydrogen-bond donors (Lipinski definition) is 1. The number of fused-ring (bicyclic) bond motifs is 1. The van der Waals surface area contributed by atoms with Crippen LogP contribution in [0.4, 0.5) is 5.69 Å². The smallest absolute Gasteiger partial charge is 0.0931 e. The summed E-state index contributed by atoms with van der Waals surface area (Å²) < 4.78 is 0. The second-order valence-corrected chi connectivity index (χ2v) is 4.22. The van der Waals surface area contributed by atoms with Crippen LogP contribution in [0, 0.1) is 0 Å². The van der Waals surface area contributed by atoms with Gasteiger partial charge >= 0.3 is 0 Å². The first-order chi connectivity index (χ1) is 7.85. The van der Waals surface area contributed by atoms with Gasteiger partial charge in [0.15, 0.2) is 0 Å². The molecular weight excluding hydrogens is 245 g/mol. The molecule has 0 atom stereocenters. The number of hydrogen-bond acceptors (Lipinski definition) is 2. The minimum absolute atomic E-state index is 0.595. The van der Waals surface area contributed by atoms with Crippen molar-refractivity contribution in [2.45, 2.75) is 0 Å². The summed E-state index contributed by atoms with van der Waals surface area (Å²) in [7, 11) is 0. The van der Waals surface area contributed by atoms with Crippen LogP contribution in [0.1, 0.15) is 0 Å². The van der Waals surface area contributed by atoms with Gasteiger partial charge in [0.25, 0.3) is 0 Å². The monoisotopic (exact) mass is 257 g/mol. The van der Waals surface area contributed by atoms with E-state index in [9.17, 15) is 0 Å². The van der Waals surface area contributed by atoms with Gasteiger partial charge in [-0.15, -0.1) is 23.2 Å². The van der Waals surface area contributed by atoms with E-state index < -0.39 is 0 Å². The van der Waals surface area contributed by atoms with Crippen molar-refractivity contribution in [3.63, 3.8) is 0 Å². The number of nitrogens with one attached hydrogen (secondary N) is 1. The van der Waals surface area contributed by atoms with Crippen LogP contribution in [0.2, 0.25) is 0 Å². The van der Waals surface area contributed by atoms with Gasteiger partial charge in [0.05, 0.1) is 17.4 Å². The second-order valence-electron chi connectivity index (χ2n) is 3.47. The molecule has 0 bridgehead atoms. The molecule has 5 heteroatoms. The standard InChI is InChI=1S/C11H13Cl2N3/c12-3-5-16(6-4-13)9-1-2-10-11(7-9)15-8-14-10/h1-2,7-8H,3-6H2,(H,14,15). The molecule has 16 heavy (non-hydrogen) atoms. The summed E-state index contributed by atoms with van der Waals surface area (Å²) in [5, 5.41) is 0. The molecule has 0 unspecified atom stereocenters. The minimum atomic E-state index is 0.595. The molecule has 1 N–H and O–H groups in total. The van der Waals surface area contributed by atoms with Crippen molar-refractivity contribution >= 4 is 39.9 Å². The van der Waals surface area contributed by atoms with Gasteiger partial charge in [0.2, 0.25) is 0 Å². The molecule has 0 aliphatic heterocycles. The number of halogens is 2. The zero-order chi connectivity index (χ0) is 11.4. The van der Waals surface area contributed by atoms with Crippen molar-refractivity contribution in [3.8, 4) is 0 Å². The molecule has 0 fully saturated rings. The van der Waals surface area contributed by atoms with Crippen molar-refractivity contribution in [1.82, 2.24) is 9.97 Å².